The first-order chi connectivity index (χ1) is 12.6. The molecule has 0 fully saturated rings. The summed E-state index contributed by atoms with van der Waals surface area (Å²) in [7, 11) is 0. The zero-order chi connectivity index (χ0) is 20.2. The summed E-state index contributed by atoms with van der Waals surface area (Å²) in [5, 5.41) is 15.7. The predicted octanol–water partition coefficient (Wildman–Crippen LogP) is 3.43. The topological polar surface area (TPSA) is 84.2 Å². The van der Waals surface area contributed by atoms with Gasteiger partial charge in [0.1, 0.15) is 0 Å². The van der Waals surface area contributed by atoms with Gasteiger partial charge in [0.25, 0.3) is 5.91 Å². The average Bonchev–Trinajstić information content (AvgIpc) is 2.99. The van der Waals surface area contributed by atoms with E-state index in [2.05, 4.69) is 10.4 Å². The lowest BCUT2D eigenvalue weighted by Gasteiger charge is -2.12. The van der Waals surface area contributed by atoms with E-state index >= 15 is 0 Å². The molecule has 9 heteroatoms. The van der Waals surface area contributed by atoms with Gasteiger partial charge in [-0.3, -0.25) is 9.59 Å². The maximum absolute atomic E-state index is 12.9. The Hall–Kier alpha value is -2.84. The first-order valence-corrected chi connectivity index (χ1v) is 8.38. The molecule has 1 unspecified atom stereocenters. The minimum Gasteiger partial charge on any atom is -0.481 e. The van der Waals surface area contributed by atoms with Gasteiger partial charge < -0.3 is 10.4 Å². The average molecular weight is 383 g/mol. The Morgan fingerprint density at radius 1 is 1.33 bits per heavy atom. The fourth-order valence-corrected chi connectivity index (χ4v) is 2.68. The third-order valence-electron chi connectivity index (χ3n) is 4.17. The standard InChI is InChI=1S/C18H20F3N3O3/c1-3-5-12(17(26)27)9-22-16(25)15-10-23-24(11(15)2)14-7-4-6-13(8-14)18(19,20)21/h4,6-8,10,12H,3,5,9H2,1-2H3,(H,22,25)(H,26,27). The predicted molar refractivity (Wildman–Crippen MR) is 91.7 cm³/mol. The monoisotopic (exact) mass is 383 g/mol. The van der Waals surface area contributed by atoms with Crippen molar-refractivity contribution < 1.29 is 27.9 Å². The molecular weight excluding hydrogens is 363 g/mol. The van der Waals surface area contributed by atoms with Crippen LogP contribution in [0.1, 0.15) is 41.4 Å². The van der Waals surface area contributed by atoms with Crippen molar-refractivity contribution in [2.75, 3.05) is 6.54 Å². The summed E-state index contributed by atoms with van der Waals surface area (Å²) in [5.41, 5.74) is -0.109. The number of carboxylic acid groups (broad SMARTS) is 1. The van der Waals surface area contributed by atoms with E-state index in [-0.39, 0.29) is 17.8 Å². The summed E-state index contributed by atoms with van der Waals surface area (Å²) in [5.74, 6) is -2.21. The Bertz CT molecular complexity index is 831. The van der Waals surface area contributed by atoms with Crippen molar-refractivity contribution in [2.45, 2.75) is 32.9 Å². The van der Waals surface area contributed by atoms with Gasteiger partial charge >= 0.3 is 12.1 Å². The molecule has 0 aliphatic carbocycles. The summed E-state index contributed by atoms with van der Waals surface area (Å²) in [6.45, 7) is 3.38. The first-order valence-electron chi connectivity index (χ1n) is 8.38. The van der Waals surface area contributed by atoms with Crippen molar-refractivity contribution in [1.29, 1.82) is 0 Å². The van der Waals surface area contributed by atoms with Crippen LogP contribution in [-0.4, -0.2) is 33.3 Å². The number of alkyl halides is 3. The molecule has 6 nitrogen and oxygen atoms in total. The molecule has 1 amide bonds. The van der Waals surface area contributed by atoms with Gasteiger partial charge in [-0.15, -0.1) is 0 Å². The van der Waals surface area contributed by atoms with E-state index in [0.717, 1.165) is 12.1 Å². The molecule has 0 saturated carbocycles. The van der Waals surface area contributed by atoms with E-state index in [9.17, 15) is 22.8 Å². The molecular formula is C18H20F3N3O3. The van der Waals surface area contributed by atoms with Gasteiger partial charge in [0.05, 0.1) is 34.6 Å². The van der Waals surface area contributed by atoms with Crippen LogP contribution in [0.15, 0.2) is 30.5 Å². The second kappa shape index (κ2) is 8.24. The minimum absolute atomic E-state index is 0.0316. The van der Waals surface area contributed by atoms with Gasteiger partial charge in [0.2, 0.25) is 0 Å². The Morgan fingerprint density at radius 3 is 2.63 bits per heavy atom. The van der Waals surface area contributed by atoms with Gasteiger partial charge in [0, 0.05) is 6.54 Å². The van der Waals surface area contributed by atoms with Crippen molar-refractivity contribution >= 4 is 11.9 Å². The minimum atomic E-state index is -4.48. The smallest absolute Gasteiger partial charge is 0.416 e. The number of amides is 1. The highest BCUT2D eigenvalue weighted by Crippen LogP contribution is 2.30. The lowest BCUT2D eigenvalue weighted by Crippen LogP contribution is -2.33. The fourth-order valence-electron chi connectivity index (χ4n) is 2.68. The van der Waals surface area contributed by atoms with E-state index in [1.165, 1.54) is 23.0 Å². The number of halogens is 3. The molecule has 0 bridgehead atoms. The summed E-state index contributed by atoms with van der Waals surface area (Å²) in [4.78, 5) is 23.5. The second-order valence-corrected chi connectivity index (χ2v) is 6.14. The van der Waals surface area contributed by atoms with E-state index < -0.39 is 29.5 Å². The van der Waals surface area contributed by atoms with Gasteiger partial charge in [-0.05, 0) is 31.5 Å². The molecule has 0 aliphatic rings. The van der Waals surface area contributed by atoms with Gasteiger partial charge in [-0.2, -0.15) is 18.3 Å². The van der Waals surface area contributed by atoms with Crippen LogP contribution in [-0.2, 0) is 11.0 Å². The molecule has 1 aromatic carbocycles. The Labute approximate surface area is 154 Å². The normalized spacial score (nSPS) is 12.6. The Morgan fingerprint density at radius 2 is 2.04 bits per heavy atom. The molecule has 0 spiro atoms. The summed E-state index contributed by atoms with van der Waals surface area (Å²) in [6.07, 6.45) is -2.14. The third kappa shape index (κ3) is 4.87. The highest BCUT2D eigenvalue weighted by Gasteiger charge is 2.30. The van der Waals surface area contributed by atoms with Crippen molar-refractivity contribution in [3.8, 4) is 5.69 Å². The van der Waals surface area contributed by atoms with E-state index in [1.807, 2.05) is 6.92 Å². The molecule has 0 aliphatic heterocycles. The number of aromatic nitrogens is 2. The second-order valence-electron chi connectivity index (χ2n) is 6.14. The van der Waals surface area contributed by atoms with Crippen LogP contribution in [0.25, 0.3) is 5.69 Å². The summed E-state index contributed by atoms with van der Waals surface area (Å²) < 4.78 is 39.9. The molecule has 0 saturated heterocycles. The Kier molecular flexibility index (Phi) is 6.24. The Balaban J connectivity index is 2.20. The van der Waals surface area contributed by atoms with Crippen LogP contribution in [0.2, 0.25) is 0 Å². The van der Waals surface area contributed by atoms with Crippen molar-refractivity contribution in [3.05, 3.63) is 47.3 Å². The lowest BCUT2D eigenvalue weighted by atomic mass is 10.0. The zero-order valence-corrected chi connectivity index (χ0v) is 14.9. The number of carboxylic acids is 1. The number of hydrogen-bond acceptors (Lipinski definition) is 3. The van der Waals surface area contributed by atoms with Crippen molar-refractivity contribution in [1.82, 2.24) is 15.1 Å². The number of nitrogens with one attached hydrogen (secondary N) is 1. The molecule has 2 rings (SSSR count). The quantitative estimate of drug-likeness (QED) is 0.767. The summed E-state index contributed by atoms with van der Waals surface area (Å²) >= 11 is 0. The van der Waals surface area contributed by atoms with Gasteiger partial charge in [-0.1, -0.05) is 19.4 Å². The third-order valence-corrected chi connectivity index (χ3v) is 4.17. The molecule has 0 radical (unpaired) electrons. The maximum Gasteiger partial charge on any atom is 0.416 e. The summed E-state index contributed by atoms with van der Waals surface area (Å²) in [6, 6.07) is 4.62. The van der Waals surface area contributed by atoms with Crippen LogP contribution in [0.4, 0.5) is 13.2 Å². The molecule has 1 aromatic heterocycles. The number of rotatable bonds is 7. The number of carbonyl (C=O) groups is 2. The molecule has 1 heterocycles. The number of hydrogen-bond donors (Lipinski definition) is 2. The number of carbonyl (C=O) groups excluding carboxylic acids is 1. The van der Waals surface area contributed by atoms with Crippen molar-refractivity contribution in [3.63, 3.8) is 0 Å². The first kappa shape index (κ1) is 20.5. The maximum atomic E-state index is 12.9. The zero-order valence-electron chi connectivity index (χ0n) is 14.9. The fraction of sp³-hybridized carbons (Fsp3) is 0.389. The lowest BCUT2D eigenvalue weighted by molar-refractivity contribution is -0.141. The SMILES string of the molecule is CCCC(CNC(=O)c1cnn(-c2cccc(C(F)(F)F)c2)c1C)C(=O)O. The van der Waals surface area contributed by atoms with Crippen molar-refractivity contribution in [2.24, 2.45) is 5.92 Å². The van der Waals surface area contributed by atoms with E-state index in [0.29, 0.717) is 18.5 Å². The van der Waals surface area contributed by atoms with E-state index in [4.69, 9.17) is 5.11 Å². The van der Waals surface area contributed by atoms with Crippen LogP contribution in [0.5, 0.6) is 0 Å². The van der Waals surface area contributed by atoms with Crippen LogP contribution < -0.4 is 5.32 Å². The highest BCUT2D eigenvalue weighted by molar-refractivity contribution is 5.95. The molecule has 2 N–H and O–H groups in total. The van der Waals surface area contributed by atoms with E-state index in [1.54, 1.807) is 6.92 Å². The van der Waals surface area contributed by atoms with Gasteiger partial charge in [-0.25, -0.2) is 4.68 Å². The number of benzene rings is 1. The molecule has 146 valence electrons. The molecule has 27 heavy (non-hydrogen) atoms. The number of aliphatic carboxylic acids is 1. The van der Waals surface area contributed by atoms with Crippen LogP contribution in [0, 0.1) is 12.8 Å². The van der Waals surface area contributed by atoms with Crippen LogP contribution >= 0.6 is 0 Å². The largest absolute Gasteiger partial charge is 0.481 e. The molecule has 1 atom stereocenters. The van der Waals surface area contributed by atoms with Crippen LogP contribution in [0.3, 0.4) is 0 Å². The van der Waals surface area contributed by atoms with Gasteiger partial charge in [0.15, 0.2) is 0 Å². The highest BCUT2D eigenvalue weighted by atomic mass is 19.4. The molecule has 2 aromatic rings. The number of nitrogens with zero attached hydrogens (tertiary/aromatic N) is 2.